The van der Waals surface area contributed by atoms with Crippen molar-refractivity contribution < 1.29 is 17.6 Å². The molecule has 1 aliphatic rings. The number of hydrogen-bond donors (Lipinski definition) is 2. The molecule has 0 aromatic heterocycles. The lowest BCUT2D eigenvalue weighted by atomic mass is 10.1. The Labute approximate surface area is 223 Å². The average Bonchev–Trinajstić information content (AvgIpc) is 2.89. The maximum atomic E-state index is 14.0. The number of rotatable bonds is 8. The number of allylic oxidation sites excluding steroid dienone is 2. The SMILES string of the molecule is C=C/C=C\c1cccc(S(=O)(=O)Nc2ccc(C(=O)N3CCN(Cc4ccccc4F)C[C@@H]3C)cc2)c1N. The molecule has 1 amide bonds. The van der Waals surface area contributed by atoms with Crippen LogP contribution >= 0.6 is 0 Å². The number of carbonyl (C=O) groups is 1. The minimum atomic E-state index is -3.95. The fourth-order valence-corrected chi connectivity index (χ4v) is 5.74. The summed E-state index contributed by atoms with van der Waals surface area (Å²) in [6.07, 6.45) is 4.94. The standard InChI is InChI=1S/C29H31FN4O3S/c1-3-4-8-22-10-7-12-27(28(22)31)38(36,37)32-25-15-13-23(14-16-25)29(35)34-18-17-33(19-21(34)2)20-24-9-5-6-11-26(24)30/h3-16,21,32H,1,17-20,31H2,2H3/b8-4-/t21-/m0/s1. The van der Waals surface area contributed by atoms with Crippen LogP contribution in [0, 0.1) is 5.82 Å². The number of nitrogens with two attached hydrogens (primary N) is 1. The van der Waals surface area contributed by atoms with E-state index in [9.17, 15) is 17.6 Å². The second kappa shape index (κ2) is 11.6. The van der Waals surface area contributed by atoms with Gasteiger partial charge in [0.1, 0.15) is 10.7 Å². The molecule has 3 aromatic carbocycles. The number of hydrogen-bond acceptors (Lipinski definition) is 5. The second-order valence-corrected chi connectivity index (χ2v) is 10.9. The Balaban J connectivity index is 1.41. The lowest BCUT2D eigenvalue weighted by Gasteiger charge is -2.40. The molecule has 0 spiro atoms. The molecule has 4 rings (SSSR count). The van der Waals surface area contributed by atoms with Crippen molar-refractivity contribution in [3.63, 3.8) is 0 Å². The predicted molar refractivity (Wildman–Crippen MR) is 150 cm³/mol. The van der Waals surface area contributed by atoms with Crippen molar-refractivity contribution >= 4 is 33.4 Å². The van der Waals surface area contributed by atoms with Crippen LogP contribution in [0.4, 0.5) is 15.8 Å². The summed E-state index contributed by atoms with van der Waals surface area (Å²) in [7, 11) is -3.95. The first-order chi connectivity index (χ1) is 18.2. The quantitative estimate of drug-likeness (QED) is 0.321. The van der Waals surface area contributed by atoms with Crippen molar-refractivity contribution in [1.29, 1.82) is 0 Å². The minimum Gasteiger partial charge on any atom is -0.397 e. The Kier molecular flexibility index (Phi) is 8.29. The smallest absolute Gasteiger partial charge is 0.263 e. The molecule has 1 aliphatic heterocycles. The summed E-state index contributed by atoms with van der Waals surface area (Å²) in [5.74, 6) is -0.363. The molecule has 0 radical (unpaired) electrons. The van der Waals surface area contributed by atoms with Gasteiger partial charge in [0.15, 0.2) is 0 Å². The summed E-state index contributed by atoms with van der Waals surface area (Å²) < 4.78 is 42.6. The zero-order valence-corrected chi connectivity index (χ0v) is 22.0. The van der Waals surface area contributed by atoms with Gasteiger partial charge >= 0.3 is 0 Å². The minimum absolute atomic E-state index is 0.0362. The van der Waals surface area contributed by atoms with Crippen molar-refractivity contribution in [1.82, 2.24) is 9.80 Å². The second-order valence-electron chi connectivity index (χ2n) is 9.21. The molecule has 3 aromatic rings. The van der Waals surface area contributed by atoms with Gasteiger partial charge in [-0.1, -0.05) is 55.1 Å². The Morgan fingerprint density at radius 2 is 1.84 bits per heavy atom. The molecule has 7 nitrogen and oxygen atoms in total. The van der Waals surface area contributed by atoms with E-state index in [0.717, 1.165) is 0 Å². The van der Waals surface area contributed by atoms with Gasteiger partial charge in [0, 0.05) is 49.0 Å². The Bertz CT molecular complexity index is 1450. The molecule has 1 fully saturated rings. The molecule has 0 bridgehead atoms. The lowest BCUT2D eigenvalue weighted by Crippen LogP contribution is -2.53. The maximum Gasteiger partial charge on any atom is 0.263 e. The van der Waals surface area contributed by atoms with E-state index in [0.29, 0.717) is 48.6 Å². The van der Waals surface area contributed by atoms with Gasteiger partial charge in [0.05, 0.1) is 5.69 Å². The van der Waals surface area contributed by atoms with E-state index in [2.05, 4.69) is 16.2 Å². The summed E-state index contributed by atoms with van der Waals surface area (Å²) >= 11 is 0. The third kappa shape index (κ3) is 6.12. The Morgan fingerprint density at radius 1 is 1.11 bits per heavy atom. The molecule has 198 valence electrons. The van der Waals surface area contributed by atoms with Gasteiger partial charge in [-0.3, -0.25) is 14.4 Å². The highest BCUT2D eigenvalue weighted by Gasteiger charge is 2.28. The van der Waals surface area contributed by atoms with E-state index in [1.54, 1.807) is 71.7 Å². The van der Waals surface area contributed by atoms with Crippen LogP contribution in [0.2, 0.25) is 0 Å². The van der Waals surface area contributed by atoms with Crippen LogP contribution in [0.15, 0.2) is 90.4 Å². The molecule has 0 saturated carbocycles. The van der Waals surface area contributed by atoms with Gasteiger partial charge in [-0.25, -0.2) is 12.8 Å². The number of sulfonamides is 1. The number of nitrogens with one attached hydrogen (secondary N) is 1. The fourth-order valence-electron chi connectivity index (χ4n) is 4.52. The van der Waals surface area contributed by atoms with Crippen molar-refractivity contribution in [3.05, 3.63) is 108 Å². The normalized spacial score (nSPS) is 16.5. The zero-order chi connectivity index (χ0) is 27.3. The van der Waals surface area contributed by atoms with E-state index in [-0.39, 0.29) is 28.3 Å². The topological polar surface area (TPSA) is 95.7 Å². The monoisotopic (exact) mass is 534 g/mol. The fraction of sp³-hybridized carbons (Fsp3) is 0.207. The van der Waals surface area contributed by atoms with Gasteiger partial charge in [-0.05, 0) is 48.9 Å². The highest BCUT2D eigenvalue weighted by Crippen LogP contribution is 2.26. The molecular weight excluding hydrogens is 503 g/mol. The number of anilines is 2. The van der Waals surface area contributed by atoms with Gasteiger partial charge in [-0.2, -0.15) is 0 Å². The van der Waals surface area contributed by atoms with Crippen LogP contribution in [0.25, 0.3) is 6.08 Å². The van der Waals surface area contributed by atoms with Crippen molar-refractivity contribution in [2.45, 2.75) is 24.4 Å². The highest BCUT2D eigenvalue weighted by atomic mass is 32.2. The molecule has 0 unspecified atom stereocenters. The molecule has 3 N–H and O–H groups in total. The average molecular weight is 535 g/mol. The number of benzene rings is 3. The number of nitrogen functional groups attached to an aromatic ring is 1. The van der Waals surface area contributed by atoms with E-state index < -0.39 is 10.0 Å². The number of carbonyl (C=O) groups excluding carboxylic acids is 1. The Morgan fingerprint density at radius 3 is 2.53 bits per heavy atom. The molecule has 1 heterocycles. The lowest BCUT2D eigenvalue weighted by molar-refractivity contribution is 0.0473. The van der Waals surface area contributed by atoms with Crippen LogP contribution in [0.1, 0.15) is 28.4 Å². The van der Waals surface area contributed by atoms with Crippen LogP contribution in [0.5, 0.6) is 0 Å². The van der Waals surface area contributed by atoms with Crippen LogP contribution in [-0.4, -0.2) is 49.8 Å². The van der Waals surface area contributed by atoms with Crippen LogP contribution in [-0.2, 0) is 16.6 Å². The zero-order valence-electron chi connectivity index (χ0n) is 21.2. The number of halogens is 1. The third-order valence-corrected chi connectivity index (χ3v) is 7.95. The van der Waals surface area contributed by atoms with Crippen molar-refractivity contribution in [3.8, 4) is 0 Å². The third-order valence-electron chi connectivity index (χ3n) is 6.51. The van der Waals surface area contributed by atoms with Gasteiger partial charge in [-0.15, -0.1) is 0 Å². The molecule has 1 atom stereocenters. The van der Waals surface area contributed by atoms with E-state index in [1.165, 1.54) is 12.1 Å². The highest BCUT2D eigenvalue weighted by molar-refractivity contribution is 7.92. The first-order valence-electron chi connectivity index (χ1n) is 12.3. The first kappa shape index (κ1) is 27.1. The maximum absolute atomic E-state index is 14.0. The summed E-state index contributed by atoms with van der Waals surface area (Å²) in [6, 6.07) is 17.7. The number of amides is 1. The molecule has 1 saturated heterocycles. The number of para-hydroxylation sites is 1. The van der Waals surface area contributed by atoms with Crippen molar-refractivity contribution in [2.75, 3.05) is 30.1 Å². The van der Waals surface area contributed by atoms with Gasteiger partial charge in [0.25, 0.3) is 15.9 Å². The molecular formula is C29H31FN4O3S. The predicted octanol–water partition coefficient (Wildman–Crippen LogP) is 4.75. The number of nitrogens with zero attached hydrogens (tertiary/aromatic N) is 2. The first-order valence-corrected chi connectivity index (χ1v) is 13.7. The van der Waals surface area contributed by atoms with E-state index in [1.807, 2.05) is 13.0 Å². The summed E-state index contributed by atoms with van der Waals surface area (Å²) in [4.78, 5) is 17.1. The number of piperazine rings is 1. The van der Waals surface area contributed by atoms with Crippen LogP contribution < -0.4 is 10.5 Å². The van der Waals surface area contributed by atoms with E-state index >= 15 is 0 Å². The van der Waals surface area contributed by atoms with E-state index in [4.69, 9.17) is 5.73 Å². The van der Waals surface area contributed by atoms with Gasteiger partial charge in [0.2, 0.25) is 0 Å². The Hall–Kier alpha value is -3.95. The van der Waals surface area contributed by atoms with Crippen molar-refractivity contribution in [2.24, 2.45) is 0 Å². The molecule has 38 heavy (non-hydrogen) atoms. The molecule has 9 heteroatoms. The van der Waals surface area contributed by atoms with Gasteiger partial charge < -0.3 is 10.6 Å². The van der Waals surface area contributed by atoms with Crippen LogP contribution in [0.3, 0.4) is 0 Å². The summed E-state index contributed by atoms with van der Waals surface area (Å²) in [5.41, 5.74) is 8.22. The summed E-state index contributed by atoms with van der Waals surface area (Å²) in [6.45, 7) is 7.84. The summed E-state index contributed by atoms with van der Waals surface area (Å²) in [5, 5.41) is 0. The largest absolute Gasteiger partial charge is 0.397 e. The molecule has 0 aliphatic carbocycles.